The topological polar surface area (TPSA) is 210 Å². The monoisotopic (exact) mass is 971 g/mol. The van der Waals surface area contributed by atoms with Crippen LogP contribution in [0, 0.1) is 46.3 Å². The first-order valence-electron chi connectivity index (χ1n) is 26.7. The highest BCUT2D eigenvalue weighted by molar-refractivity contribution is 5.96. The fourth-order valence-electron chi connectivity index (χ4n) is 14.9. The number of aromatic hydroxyl groups is 2. The number of nitrogens with one attached hydrogen (secondary N) is 2. The molecule has 4 aromatic carbocycles. The summed E-state index contributed by atoms with van der Waals surface area (Å²) >= 11 is 0. The Morgan fingerprint density at radius 1 is 0.606 bits per heavy atom. The third-order valence-corrected chi connectivity index (χ3v) is 17.4. The van der Waals surface area contributed by atoms with E-state index in [0.29, 0.717) is 41.6 Å². The number of ether oxygens (including phenoxy) is 2. The minimum Gasteiger partial charge on any atom is -0.507 e. The van der Waals surface area contributed by atoms with Crippen LogP contribution in [0.2, 0.25) is 0 Å². The van der Waals surface area contributed by atoms with E-state index in [0.717, 1.165) is 73.1 Å². The molecule has 0 heterocycles. The van der Waals surface area contributed by atoms with Crippen molar-refractivity contribution in [2.75, 3.05) is 32.8 Å². The van der Waals surface area contributed by atoms with Crippen LogP contribution in [0.15, 0.2) is 84.9 Å². The quantitative estimate of drug-likeness (QED) is 0.0350. The molecule has 0 unspecified atom stereocenters. The standard InChI is InChI=1S/C30H40N2O4.C29H38N2O4/c1-19(32-18-28(34)24-5-6-27(33)26(14-24)29(31)35)9-20-3-2-4-25(13-20)36-8-7-30-15-21-10-22(16-30)12-23(11-21)17-30;30-28(34)25-14-23(4-5-26(25)32)27(33)18-31-8-6-19-2-1-3-24(13-19)35-9-7-29-15-20-10-21(16-29)12-22(11-20)17-29/h2-6,13-14,19,21-23,28,32-34H,7-12,15-18H2,1H3,(H2,31,35);1-5,13-14,20-22,27,31-33H,6-12,15-18H2,(H2,30,34)/t19-,21?,22?,23?,28+,30?;20?,21?,22?,27-,29?/m10/s1. The molecular formula is C59H78N4O8. The molecule has 0 spiro atoms. The Morgan fingerprint density at radius 2 is 1.03 bits per heavy atom. The van der Waals surface area contributed by atoms with Crippen molar-refractivity contribution in [3.05, 3.63) is 118 Å². The van der Waals surface area contributed by atoms with E-state index in [1.54, 1.807) is 12.1 Å². The third kappa shape index (κ3) is 12.9. The molecule has 3 atom stereocenters. The summed E-state index contributed by atoms with van der Waals surface area (Å²) in [6.45, 7) is 5.05. The molecule has 12 nitrogen and oxygen atoms in total. The molecular weight excluding hydrogens is 893 g/mol. The first-order chi connectivity index (χ1) is 34.2. The Bertz CT molecular complexity index is 2400. The molecule has 382 valence electrons. The largest absolute Gasteiger partial charge is 0.507 e. The number of rotatable bonds is 22. The number of nitrogens with two attached hydrogens (primary N) is 2. The van der Waals surface area contributed by atoms with E-state index in [4.69, 9.17) is 20.9 Å². The summed E-state index contributed by atoms with van der Waals surface area (Å²) in [5.41, 5.74) is 15.2. The fraction of sp³-hybridized carbons (Fsp3) is 0.559. The van der Waals surface area contributed by atoms with Crippen LogP contribution in [0.5, 0.6) is 23.0 Å². The van der Waals surface area contributed by atoms with Crippen molar-refractivity contribution in [3.63, 3.8) is 0 Å². The van der Waals surface area contributed by atoms with Gasteiger partial charge in [0, 0.05) is 19.1 Å². The minimum atomic E-state index is -0.814. The Morgan fingerprint density at radius 3 is 1.48 bits per heavy atom. The number of benzene rings is 4. The van der Waals surface area contributed by atoms with Crippen molar-refractivity contribution in [1.82, 2.24) is 10.6 Å². The van der Waals surface area contributed by atoms with Crippen LogP contribution in [0.4, 0.5) is 0 Å². The molecule has 8 bridgehead atoms. The van der Waals surface area contributed by atoms with Gasteiger partial charge in [-0.1, -0.05) is 36.4 Å². The van der Waals surface area contributed by atoms with Gasteiger partial charge in [-0.25, -0.2) is 0 Å². The maximum absolute atomic E-state index is 11.5. The zero-order valence-corrected chi connectivity index (χ0v) is 41.7. The fourth-order valence-corrected chi connectivity index (χ4v) is 14.9. The second-order valence-electron chi connectivity index (χ2n) is 23.1. The lowest BCUT2D eigenvalue weighted by molar-refractivity contribution is -0.0624. The number of phenols is 2. The van der Waals surface area contributed by atoms with Crippen LogP contribution >= 0.6 is 0 Å². The van der Waals surface area contributed by atoms with Gasteiger partial charge >= 0.3 is 0 Å². The number of aliphatic hydroxyl groups excluding tert-OH is 2. The molecule has 8 aliphatic carbocycles. The van der Waals surface area contributed by atoms with Crippen molar-refractivity contribution >= 4 is 11.8 Å². The molecule has 8 saturated carbocycles. The van der Waals surface area contributed by atoms with Gasteiger partial charge in [-0.15, -0.1) is 0 Å². The van der Waals surface area contributed by atoms with Crippen LogP contribution in [-0.2, 0) is 12.8 Å². The van der Waals surface area contributed by atoms with Gasteiger partial charge in [0.15, 0.2) is 0 Å². The van der Waals surface area contributed by atoms with E-state index in [1.165, 1.54) is 125 Å². The Balaban J connectivity index is 0.000000176. The van der Waals surface area contributed by atoms with E-state index >= 15 is 0 Å². The van der Waals surface area contributed by atoms with Gasteiger partial charge in [0.2, 0.25) is 0 Å². The van der Waals surface area contributed by atoms with Gasteiger partial charge in [0.05, 0.1) is 36.5 Å². The summed E-state index contributed by atoms with van der Waals surface area (Å²) in [5.74, 6) is 5.96. The number of hydrogen-bond donors (Lipinski definition) is 8. The van der Waals surface area contributed by atoms with Crippen LogP contribution in [-0.4, -0.2) is 71.1 Å². The first kappa shape index (κ1) is 50.8. The molecule has 10 N–H and O–H groups in total. The number of primary amides is 2. The molecule has 8 aliphatic rings. The highest BCUT2D eigenvalue weighted by Crippen LogP contribution is 2.62. The number of carbonyl (C=O) groups excluding carboxylic acids is 2. The van der Waals surface area contributed by atoms with Crippen molar-refractivity contribution in [3.8, 4) is 23.0 Å². The van der Waals surface area contributed by atoms with E-state index in [-0.39, 0.29) is 28.7 Å². The average molecular weight is 971 g/mol. The van der Waals surface area contributed by atoms with Crippen LogP contribution in [0.25, 0.3) is 0 Å². The second kappa shape index (κ2) is 22.3. The summed E-state index contributed by atoms with van der Waals surface area (Å²) < 4.78 is 12.5. The molecule has 8 fully saturated rings. The highest BCUT2D eigenvalue weighted by Gasteiger charge is 2.51. The lowest BCUT2D eigenvalue weighted by Gasteiger charge is -2.57. The van der Waals surface area contributed by atoms with Crippen LogP contribution in [0.3, 0.4) is 0 Å². The predicted octanol–water partition coefficient (Wildman–Crippen LogP) is 9.07. The third-order valence-electron chi connectivity index (χ3n) is 17.4. The molecule has 0 saturated heterocycles. The van der Waals surface area contributed by atoms with Crippen molar-refractivity contribution in [2.45, 2.75) is 128 Å². The van der Waals surface area contributed by atoms with E-state index < -0.39 is 24.0 Å². The van der Waals surface area contributed by atoms with Crippen molar-refractivity contribution in [1.29, 1.82) is 0 Å². The number of aliphatic hydroxyl groups is 2. The summed E-state index contributed by atoms with van der Waals surface area (Å²) in [4.78, 5) is 22.9. The van der Waals surface area contributed by atoms with Gasteiger partial charge in [-0.3, -0.25) is 9.59 Å². The van der Waals surface area contributed by atoms with Gasteiger partial charge in [-0.2, -0.15) is 0 Å². The maximum atomic E-state index is 11.5. The van der Waals surface area contributed by atoms with Gasteiger partial charge in [0.1, 0.15) is 23.0 Å². The summed E-state index contributed by atoms with van der Waals surface area (Å²) in [5, 5.41) is 47.1. The Kier molecular flexibility index (Phi) is 16.0. The lowest BCUT2D eigenvalue weighted by Crippen LogP contribution is -2.46. The number of carbonyl (C=O) groups is 2. The molecule has 4 aromatic rings. The van der Waals surface area contributed by atoms with E-state index in [2.05, 4.69) is 47.9 Å². The smallest absolute Gasteiger partial charge is 0.252 e. The lowest BCUT2D eigenvalue weighted by atomic mass is 9.49. The van der Waals surface area contributed by atoms with Gasteiger partial charge < -0.3 is 52.0 Å². The zero-order valence-electron chi connectivity index (χ0n) is 41.7. The molecule has 0 aliphatic heterocycles. The maximum Gasteiger partial charge on any atom is 0.252 e. The predicted molar refractivity (Wildman–Crippen MR) is 275 cm³/mol. The number of hydrogen-bond acceptors (Lipinski definition) is 10. The highest BCUT2D eigenvalue weighted by atomic mass is 16.5. The van der Waals surface area contributed by atoms with E-state index in [1.807, 2.05) is 18.2 Å². The molecule has 71 heavy (non-hydrogen) atoms. The van der Waals surface area contributed by atoms with Crippen molar-refractivity contribution < 1.29 is 39.5 Å². The van der Waals surface area contributed by atoms with Crippen molar-refractivity contribution in [2.24, 2.45) is 57.8 Å². The normalized spacial score (nSPS) is 27.9. The molecule has 12 rings (SSSR count). The van der Waals surface area contributed by atoms with Gasteiger partial charge in [0.25, 0.3) is 11.8 Å². The first-order valence-corrected chi connectivity index (χ1v) is 26.7. The zero-order chi connectivity index (χ0) is 49.7. The summed E-state index contributed by atoms with van der Waals surface area (Å²) in [7, 11) is 0. The summed E-state index contributed by atoms with van der Waals surface area (Å²) in [6.07, 6.45) is 19.8. The average Bonchev–Trinajstić information content (AvgIpc) is 3.32. The summed E-state index contributed by atoms with van der Waals surface area (Å²) in [6, 6.07) is 25.6. The van der Waals surface area contributed by atoms with E-state index in [9.17, 15) is 30.0 Å². The van der Waals surface area contributed by atoms with Gasteiger partial charge in [-0.05, 0) is 233 Å². The number of amides is 2. The second-order valence-corrected chi connectivity index (χ2v) is 23.1. The Labute approximate surface area is 420 Å². The van der Waals surface area contributed by atoms with Crippen LogP contribution < -0.4 is 31.6 Å². The van der Waals surface area contributed by atoms with Crippen LogP contribution in [0.1, 0.15) is 152 Å². The molecule has 0 aromatic heterocycles. The molecule has 0 radical (unpaired) electrons. The molecule has 12 heteroatoms. The Hall–Kier alpha value is -5.14. The SMILES string of the molecule is C[C@H](Cc1cccc(OCCC23CC4CC(CC(C4)C2)C3)c1)NC[C@H](O)c1ccc(O)c(C(N)=O)c1.NC(=O)c1cc([C@@H](O)CNCCc2cccc(OCCC34CC5CC(CC(C5)C3)C4)c2)ccc1O. The molecule has 2 amide bonds. The minimum absolute atomic E-state index is 0.0135.